The van der Waals surface area contributed by atoms with Crippen molar-refractivity contribution >= 4 is 38.9 Å². The molecule has 0 spiro atoms. The van der Waals surface area contributed by atoms with E-state index in [0.717, 1.165) is 21.7 Å². The van der Waals surface area contributed by atoms with Crippen LogP contribution in [0.25, 0.3) is 0 Å². The molecule has 0 atom stereocenters. The summed E-state index contributed by atoms with van der Waals surface area (Å²) in [4.78, 5) is 10.3. The van der Waals surface area contributed by atoms with E-state index in [0.29, 0.717) is 5.82 Å². The number of anilines is 2. The smallest absolute Gasteiger partial charge is 0.137 e. The van der Waals surface area contributed by atoms with Crippen molar-refractivity contribution in [1.29, 1.82) is 0 Å². The van der Waals surface area contributed by atoms with Crippen LogP contribution in [-0.2, 0) is 6.54 Å². The van der Waals surface area contributed by atoms with Crippen molar-refractivity contribution in [3.63, 3.8) is 0 Å². The molecule has 0 unspecified atom stereocenters. The maximum Gasteiger partial charge on any atom is 0.137 e. The van der Waals surface area contributed by atoms with Gasteiger partial charge in [0, 0.05) is 19.2 Å². The Morgan fingerprint density at radius 3 is 2.88 bits per heavy atom. The number of rotatable bonds is 3. The Balaban J connectivity index is 2.20. The normalized spacial score (nSPS) is 10.5. The van der Waals surface area contributed by atoms with Crippen LogP contribution in [0.15, 0.2) is 21.6 Å². The number of nitrogens with zero attached hydrogens (tertiary/aromatic N) is 3. The van der Waals surface area contributed by atoms with Gasteiger partial charge in [-0.15, -0.1) is 11.3 Å². The number of nitrogens with two attached hydrogens (primary N) is 1. The molecule has 90 valence electrons. The fourth-order valence-corrected chi connectivity index (χ4v) is 2.82. The number of halogens is 1. The summed E-state index contributed by atoms with van der Waals surface area (Å²) < 4.78 is 1.14. The van der Waals surface area contributed by atoms with Crippen LogP contribution in [-0.4, -0.2) is 17.0 Å². The molecular formula is C11H13BrN4S. The zero-order valence-electron chi connectivity index (χ0n) is 9.64. The van der Waals surface area contributed by atoms with Gasteiger partial charge in [-0.05, 0) is 39.9 Å². The highest BCUT2D eigenvalue weighted by Crippen LogP contribution is 2.24. The van der Waals surface area contributed by atoms with Crippen molar-refractivity contribution in [2.24, 2.45) is 0 Å². The lowest BCUT2D eigenvalue weighted by atomic mass is 10.2. The van der Waals surface area contributed by atoms with Crippen LogP contribution in [0.2, 0.25) is 0 Å². The van der Waals surface area contributed by atoms with Crippen LogP contribution in [0.3, 0.4) is 0 Å². The Kier molecular flexibility index (Phi) is 3.63. The SMILES string of the molecule is Cc1c(N)ncnc1N(C)Cc1csc(Br)c1. The molecule has 2 rings (SSSR count). The van der Waals surface area contributed by atoms with Gasteiger partial charge in [0.2, 0.25) is 0 Å². The van der Waals surface area contributed by atoms with E-state index in [1.165, 1.54) is 11.9 Å². The lowest BCUT2D eigenvalue weighted by Gasteiger charge is -2.19. The molecule has 0 aliphatic heterocycles. The highest BCUT2D eigenvalue weighted by Gasteiger charge is 2.10. The van der Waals surface area contributed by atoms with Crippen molar-refractivity contribution in [1.82, 2.24) is 9.97 Å². The summed E-state index contributed by atoms with van der Waals surface area (Å²) in [6.07, 6.45) is 1.50. The minimum absolute atomic E-state index is 0.536. The summed E-state index contributed by atoms with van der Waals surface area (Å²) in [5.41, 5.74) is 7.94. The molecule has 0 amide bonds. The van der Waals surface area contributed by atoms with Gasteiger partial charge in [0.15, 0.2) is 0 Å². The summed E-state index contributed by atoms with van der Waals surface area (Å²) in [6, 6.07) is 2.11. The highest BCUT2D eigenvalue weighted by molar-refractivity contribution is 9.11. The van der Waals surface area contributed by atoms with Gasteiger partial charge in [0.1, 0.15) is 18.0 Å². The van der Waals surface area contributed by atoms with Crippen molar-refractivity contribution in [3.8, 4) is 0 Å². The van der Waals surface area contributed by atoms with Gasteiger partial charge in [-0.3, -0.25) is 0 Å². The number of thiophene rings is 1. The lowest BCUT2D eigenvalue weighted by molar-refractivity contribution is 0.887. The maximum absolute atomic E-state index is 5.77. The Morgan fingerprint density at radius 1 is 1.47 bits per heavy atom. The van der Waals surface area contributed by atoms with E-state index in [1.807, 2.05) is 14.0 Å². The summed E-state index contributed by atoms with van der Waals surface area (Å²) in [7, 11) is 2.00. The van der Waals surface area contributed by atoms with E-state index in [4.69, 9.17) is 5.73 Å². The molecule has 0 aliphatic carbocycles. The molecule has 2 aromatic heterocycles. The third-order valence-electron chi connectivity index (χ3n) is 2.50. The molecule has 2 aromatic rings. The van der Waals surface area contributed by atoms with Crippen LogP contribution in [0.4, 0.5) is 11.6 Å². The summed E-state index contributed by atoms with van der Waals surface area (Å²) in [5, 5.41) is 2.13. The van der Waals surface area contributed by atoms with Gasteiger partial charge in [0.05, 0.1) is 3.79 Å². The quantitative estimate of drug-likeness (QED) is 0.947. The van der Waals surface area contributed by atoms with Gasteiger partial charge in [-0.1, -0.05) is 0 Å². The van der Waals surface area contributed by atoms with Gasteiger partial charge in [-0.25, -0.2) is 9.97 Å². The second kappa shape index (κ2) is 5.01. The standard InChI is InChI=1S/C11H13BrN4S/c1-7-10(13)14-6-15-11(7)16(2)4-8-3-9(12)17-5-8/h3,5-6H,4H2,1-2H3,(H2,13,14,15). The molecule has 2 N–H and O–H groups in total. The Bertz CT molecular complexity index is 526. The van der Waals surface area contributed by atoms with Crippen molar-refractivity contribution in [2.75, 3.05) is 17.7 Å². The van der Waals surface area contributed by atoms with E-state index in [9.17, 15) is 0 Å². The third-order valence-corrected chi connectivity index (χ3v) is 4.05. The molecule has 6 heteroatoms. The molecule has 0 bridgehead atoms. The largest absolute Gasteiger partial charge is 0.383 e. The first-order chi connectivity index (χ1) is 8.08. The number of hydrogen-bond donors (Lipinski definition) is 1. The topological polar surface area (TPSA) is 55.0 Å². The molecule has 0 fully saturated rings. The van der Waals surface area contributed by atoms with E-state index in [2.05, 4.69) is 42.2 Å². The minimum atomic E-state index is 0.536. The first-order valence-corrected chi connectivity index (χ1v) is 6.76. The average molecular weight is 313 g/mol. The van der Waals surface area contributed by atoms with E-state index in [1.54, 1.807) is 11.3 Å². The Morgan fingerprint density at radius 2 is 2.24 bits per heavy atom. The molecule has 2 heterocycles. The second-order valence-corrected chi connectivity index (χ2v) is 6.11. The fourth-order valence-electron chi connectivity index (χ4n) is 1.62. The molecule has 0 aromatic carbocycles. The first kappa shape index (κ1) is 12.3. The number of hydrogen-bond acceptors (Lipinski definition) is 5. The van der Waals surface area contributed by atoms with E-state index in [-0.39, 0.29) is 0 Å². The second-order valence-electron chi connectivity index (χ2n) is 3.82. The molecule has 0 saturated carbocycles. The van der Waals surface area contributed by atoms with Crippen LogP contribution < -0.4 is 10.6 Å². The molecular weight excluding hydrogens is 300 g/mol. The molecule has 0 aliphatic rings. The van der Waals surface area contributed by atoms with Crippen LogP contribution in [0.1, 0.15) is 11.1 Å². The van der Waals surface area contributed by atoms with Crippen molar-refractivity contribution < 1.29 is 0 Å². The number of aromatic nitrogens is 2. The Hall–Kier alpha value is -1.14. The monoisotopic (exact) mass is 312 g/mol. The van der Waals surface area contributed by atoms with Crippen LogP contribution in [0, 0.1) is 6.92 Å². The Labute approximate surface area is 113 Å². The number of nitrogen functional groups attached to an aromatic ring is 1. The van der Waals surface area contributed by atoms with Crippen molar-refractivity contribution in [3.05, 3.63) is 32.7 Å². The molecule has 4 nitrogen and oxygen atoms in total. The molecule has 0 radical (unpaired) electrons. The van der Waals surface area contributed by atoms with Gasteiger partial charge in [0.25, 0.3) is 0 Å². The fraction of sp³-hybridized carbons (Fsp3) is 0.273. The van der Waals surface area contributed by atoms with E-state index >= 15 is 0 Å². The van der Waals surface area contributed by atoms with Gasteiger partial charge in [-0.2, -0.15) is 0 Å². The third kappa shape index (κ3) is 2.76. The molecule has 0 saturated heterocycles. The van der Waals surface area contributed by atoms with Crippen LogP contribution >= 0.6 is 27.3 Å². The van der Waals surface area contributed by atoms with Gasteiger partial charge < -0.3 is 10.6 Å². The predicted molar refractivity (Wildman–Crippen MR) is 75.3 cm³/mol. The maximum atomic E-state index is 5.77. The molecule has 17 heavy (non-hydrogen) atoms. The lowest BCUT2D eigenvalue weighted by Crippen LogP contribution is -2.19. The minimum Gasteiger partial charge on any atom is -0.383 e. The summed E-state index contributed by atoms with van der Waals surface area (Å²) in [5.74, 6) is 1.41. The van der Waals surface area contributed by atoms with Crippen molar-refractivity contribution in [2.45, 2.75) is 13.5 Å². The summed E-state index contributed by atoms with van der Waals surface area (Å²) in [6.45, 7) is 2.74. The summed E-state index contributed by atoms with van der Waals surface area (Å²) >= 11 is 5.14. The van der Waals surface area contributed by atoms with Crippen LogP contribution in [0.5, 0.6) is 0 Å². The zero-order chi connectivity index (χ0) is 12.4. The zero-order valence-corrected chi connectivity index (χ0v) is 12.0. The first-order valence-electron chi connectivity index (χ1n) is 5.09. The van der Waals surface area contributed by atoms with Gasteiger partial charge >= 0.3 is 0 Å². The predicted octanol–water partition coefficient (Wildman–Crippen LogP) is 2.83. The average Bonchev–Trinajstić information content (AvgIpc) is 2.68. The van der Waals surface area contributed by atoms with E-state index < -0.39 is 0 Å². The highest BCUT2D eigenvalue weighted by atomic mass is 79.9.